The number of hydrogen-bond acceptors (Lipinski definition) is 4. The first kappa shape index (κ1) is 19.2. The van der Waals surface area contributed by atoms with Crippen LogP contribution in [0.1, 0.15) is 30.0 Å². The molecule has 3 rings (SSSR count). The number of benzene rings is 1. The van der Waals surface area contributed by atoms with E-state index in [1.54, 1.807) is 17.0 Å². The van der Waals surface area contributed by atoms with Crippen molar-refractivity contribution in [2.45, 2.75) is 26.6 Å². The molecule has 6 nitrogen and oxygen atoms in total. The Bertz CT molecular complexity index is 743. The Morgan fingerprint density at radius 1 is 1.19 bits per heavy atom. The Hall–Kier alpha value is -2.60. The van der Waals surface area contributed by atoms with Gasteiger partial charge in [0.25, 0.3) is 5.91 Å². The molecule has 0 unspecified atom stereocenters. The van der Waals surface area contributed by atoms with Gasteiger partial charge in [-0.15, -0.1) is 0 Å². The highest BCUT2D eigenvalue weighted by atomic mass is 16.5. The molecule has 1 aliphatic rings. The summed E-state index contributed by atoms with van der Waals surface area (Å²) in [4.78, 5) is 28.7. The molecule has 1 aromatic heterocycles. The molecule has 0 bridgehead atoms. The zero-order chi connectivity index (χ0) is 19.2. The van der Waals surface area contributed by atoms with Gasteiger partial charge in [0.1, 0.15) is 6.54 Å². The third-order valence-electron chi connectivity index (χ3n) is 4.46. The summed E-state index contributed by atoms with van der Waals surface area (Å²) in [6, 6.07) is 13.2. The molecular weight excluding hydrogens is 344 g/mol. The summed E-state index contributed by atoms with van der Waals surface area (Å²) >= 11 is 0. The number of hydrogen-bond donors (Lipinski definition) is 0. The van der Waals surface area contributed by atoms with Gasteiger partial charge in [-0.2, -0.15) is 0 Å². The maximum Gasteiger partial charge on any atom is 0.290 e. The predicted molar refractivity (Wildman–Crippen MR) is 101 cm³/mol. The highest BCUT2D eigenvalue weighted by Crippen LogP contribution is 2.15. The van der Waals surface area contributed by atoms with Crippen LogP contribution in [0.25, 0.3) is 0 Å². The molecule has 1 atom stereocenters. The fraction of sp³-hybridized carbons (Fsp3) is 0.429. The summed E-state index contributed by atoms with van der Waals surface area (Å²) in [6.07, 6.45) is 1.20. The Morgan fingerprint density at radius 3 is 2.63 bits per heavy atom. The number of carbonyl (C=O) groups is 2. The van der Waals surface area contributed by atoms with E-state index < -0.39 is 0 Å². The minimum Gasteiger partial charge on any atom is -0.459 e. The van der Waals surface area contributed by atoms with E-state index in [9.17, 15) is 9.59 Å². The zero-order valence-electron chi connectivity index (χ0n) is 15.8. The maximum atomic E-state index is 12.7. The summed E-state index contributed by atoms with van der Waals surface area (Å²) in [5.41, 5.74) is 1.06. The Balaban J connectivity index is 1.74. The van der Waals surface area contributed by atoms with Gasteiger partial charge in [0.15, 0.2) is 5.76 Å². The van der Waals surface area contributed by atoms with E-state index in [4.69, 9.17) is 9.15 Å². The van der Waals surface area contributed by atoms with Gasteiger partial charge in [-0.05, 0) is 23.6 Å². The molecule has 144 valence electrons. The molecule has 1 aromatic carbocycles. The van der Waals surface area contributed by atoms with Crippen molar-refractivity contribution in [3.8, 4) is 0 Å². The van der Waals surface area contributed by atoms with E-state index in [0.717, 1.165) is 5.56 Å². The smallest absolute Gasteiger partial charge is 0.290 e. The van der Waals surface area contributed by atoms with Crippen LogP contribution in [0, 0.1) is 5.92 Å². The monoisotopic (exact) mass is 370 g/mol. The second kappa shape index (κ2) is 8.86. The molecule has 0 saturated carbocycles. The van der Waals surface area contributed by atoms with Gasteiger partial charge >= 0.3 is 0 Å². The minimum absolute atomic E-state index is 0.0391. The fourth-order valence-corrected chi connectivity index (χ4v) is 3.20. The number of ether oxygens (including phenoxy) is 1. The van der Waals surface area contributed by atoms with Crippen LogP contribution in [0.5, 0.6) is 0 Å². The first-order valence-corrected chi connectivity index (χ1v) is 9.29. The Kier molecular flexibility index (Phi) is 6.29. The van der Waals surface area contributed by atoms with Gasteiger partial charge in [0, 0.05) is 19.6 Å². The van der Waals surface area contributed by atoms with Crippen LogP contribution in [0.4, 0.5) is 0 Å². The summed E-state index contributed by atoms with van der Waals surface area (Å²) in [5, 5.41) is 0. The molecule has 0 N–H and O–H groups in total. The van der Waals surface area contributed by atoms with Gasteiger partial charge in [-0.3, -0.25) is 9.59 Å². The molecule has 6 heteroatoms. The maximum absolute atomic E-state index is 12.7. The zero-order valence-corrected chi connectivity index (χ0v) is 15.8. The number of carbonyl (C=O) groups excluding carboxylic acids is 2. The lowest BCUT2D eigenvalue weighted by molar-refractivity contribution is -0.132. The predicted octanol–water partition coefficient (Wildman–Crippen LogP) is 2.81. The van der Waals surface area contributed by atoms with Crippen LogP contribution in [0.2, 0.25) is 0 Å². The normalized spacial score (nSPS) is 18.0. The van der Waals surface area contributed by atoms with Crippen LogP contribution < -0.4 is 0 Å². The average Bonchev–Trinajstić information content (AvgIpc) is 3.14. The molecular formula is C21H26N2O4. The molecule has 0 radical (unpaired) electrons. The molecule has 27 heavy (non-hydrogen) atoms. The van der Waals surface area contributed by atoms with Crippen molar-refractivity contribution in [3.63, 3.8) is 0 Å². The lowest BCUT2D eigenvalue weighted by Gasteiger charge is -2.26. The number of furan rings is 1. The van der Waals surface area contributed by atoms with Gasteiger partial charge in [-0.25, -0.2) is 0 Å². The second-order valence-corrected chi connectivity index (χ2v) is 7.27. The van der Waals surface area contributed by atoms with Crippen molar-refractivity contribution >= 4 is 11.8 Å². The summed E-state index contributed by atoms with van der Waals surface area (Å²) in [5.74, 6) is 0.237. The van der Waals surface area contributed by atoms with Crippen molar-refractivity contribution < 1.29 is 18.7 Å². The van der Waals surface area contributed by atoms with E-state index in [0.29, 0.717) is 32.2 Å². The molecule has 0 spiro atoms. The quantitative estimate of drug-likeness (QED) is 0.784. The molecule has 0 aliphatic carbocycles. The highest BCUT2D eigenvalue weighted by molar-refractivity contribution is 5.94. The highest BCUT2D eigenvalue weighted by Gasteiger charge is 2.32. The fourth-order valence-electron chi connectivity index (χ4n) is 3.20. The van der Waals surface area contributed by atoms with Crippen LogP contribution in [0.3, 0.4) is 0 Å². The Morgan fingerprint density at radius 2 is 1.96 bits per heavy atom. The lowest BCUT2D eigenvalue weighted by Crippen LogP contribution is -2.40. The minimum atomic E-state index is -0.284. The van der Waals surface area contributed by atoms with E-state index in [1.807, 2.05) is 30.3 Å². The molecule has 1 saturated heterocycles. The number of nitrogens with zero attached hydrogens (tertiary/aromatic N) is 2. The van der Waals surface area contributed by atoms with E-state index in [-0.39, 0.29) is 30.2 Å². The van der Waals surface area contributed by atoms with Gasteiger partial charge < -0.3 is 19.0 Å². The van der Waals surface area contributed by atoms with Crippen LogP contribution in [0.15, 0.2) is 53.1 Å². The first-order chi connectivity index (χ1) is 13.0. The third-order valence-corrected chi connectivity index (χ3v) is 4.46. The third kappa shape index (κ3) is 5.20. The summed E-state index contributed by atoms with van der Waals surface area (Å²) < 4.78 is 11.3. The van der Waals surface area contributed by atoms with Gasteiger partial charge in [0.05, 0.1) is 19.0 Å². The van der Waals surface area contributed by atoms with Crippen molar-refractivity contribution in [2.75, 3.05) is 26.2 Å². The van der Waals surface area contributed by atoms with Crippen molar-refractivity contribution in [1.82, 2.24) is 9.80 Å². The molecule has 2 heterocycles. The van der Waals surface area contributed by atoms with Crippen molar-refractivity contribution in [3.05, 3.63) is 60.1 Å². The molecule has 2 aromatic rings. The summed E-state index contributed by atoms with van der Waals surface area (Å²) in [6.45, 7) is 6.11. The molecule has 1 aliphatic heterocycles. The van der Waals surface area contributed by atoms with E-state index in [1.165, 1.54) is 11.2 Å². The Labute approximate surface area is 159 Å². The average molecular weight is 370 g/mol. The van der Waals surface area contributed by atoms with Crippen LogP contribution >= 0.6 is 0 Å². The topological polar surface area (TPSA) is 63.0 Å². The molecule has 2 amide bonds. The van der Waals surface area contributed by atoms with E-state index >= 15 is 0 Å². The second-order valence-electron chi connectivity index (χ2n) is 7.27. The van der Waals surface area contributed by atoms with Crippen molar-refractivity contribution in [2.24, 2.45) is 5.92 Å². The van der Waals surface area contributed by atoms with Crippen LogP contribution in [-0.4, -0.2) is 53.9 Å². The number of amides is 2. The van der Waals surface area contributed by atoms with Crippen molar-refractivity contribution in [1.29, 1.82) is 0 Å². The summed E-state index contributed by atoms with van der Waals surface area (Å²) in [7, 11) is 0. The standard InChI is InChI=1S/C21H26N2O4/c1-16(2)11-22-12-18(27-15-17-7-4-3-5-8-17)13-23(14-20(22)24)21(25)19-9-6-10-26-19/h3-10,16,18H,11-15H2,1-2H3/t18-/m0/s1. The van der Waals surface area contributed by atoms with Gasteiger partial charge in [0.2, 0.25) is 5.91 Å². The SMILES string of the molecule is CC(C)CN1C[C@H](OCc2ccccc2)CN(C(=O)c2ccco2)CC1=O. The first-order valence-electron chi connectivity index (χ1n) is 9.29. The number of rotatable bonds is 6. The molecule has 1 fully saturated rings. The lowest BCUT2D eigenvalue weighted by atomic mass is 10.2. The largest absolute Gasteiger partial charge is 0.459 e. The van der Waals surface area contributed by atoms with Crippen LogP contribution in [-0.2, 0) is 16.1 Å². The van der Waals surface area contributed by atoms with E-state index in [2.05, 4.69) is 13.8 Å². The van der Waals surface area contributed by atoms with Gasteiger partial charge in [-0.1, -0.05) is 44.2 Å².